The Hall–Kier alpha value is -2.44. The van der Waals surface area contributed by atoms with Gasteiger partial charge in [-0.15, -0.1) is 0 Å². The zero-order valence-electron chi connectivity index (χ0n) is 15.1. The van der Waals surface area contributed by atoms with E-state index < -0.39 is 11.9 Å². The second kappa shape index (κ2) is 8.09. The first-order chi connectivity index (χ1) is 11.9. The van der Waals surface area contributed by atoms with Gasteiger partial charge in [0.2, 0.25) is 11.7 Å². The molecule has 25 heavy (non-hydrogen) atoms. The molecule has 0 aromatic heterocycles. The number of benzene rings is 1. The molecule has 1 N–H and O–H groups in total. The second-order valence-corrected chi connectivity index (χ2v) is 6.13. The minimum Gasteiger partial charge on any atom is -0.493 e. The van der Waals surface area contributed by atoms with Gasteiger partial charge < -0.3 is 24.2 Å². The van der Waals surface area contributed by atoms with E-state index in [9.17, 15) is 14.7 Å². The van der Waals surface area contributed by atoms with E-state index in [1.165, 1.54) is 21.3 Å². The smallest absolute Gasteiger partial charge is 0.308 e. The minimum absolute atomic E-state index is 0.104. The standard InChI is InChI=1S/C18H25NO6/c1-11-13(18(21)22)6-5-7-19(11)16(20)10-12-8-14(23-2)17(25-4)15(9-12)24-3/h8-9,11,13H,5-7,10H2,1-4H3,(H,21,22)/t11-,13-/m0/s1. The Kier molecular flexibility index (Phi) is 6.12. The molecule has 0 aliphatic carbocycles. The molecule has 1 aliphatic heterocycles. The highest BCUT2D eigenvalue weighted by atomic mass is 16.5. The third-order valence-corrected chi connectivity index (χ3v) is 4.71. The van der Waals surface area contributed by atoms with Gasteiger partial charge in [-0.05, 0) is 37.5 Å². The summed E-state index contributed by atoms with van der Waals surface area (Å²) in [5, 5.41) is 9.31. The molecular formula is C18H25NO6. The molecule has 0 unspecified atom stereocenters. The molecule has 1 amide bonds. The normalized spacial score (nSPS) is 20.1. The fraction of sp³-hybridized carbons (Fsp3) is 0.556. The molecule has 0 spiro atoms. The van der Waals surface area contributed by atoms with E-state index in [0.717, 1.165) is 5.56 Å². The van der Waals surface area contributed by atoms with E-state index in [2.05, 4.69) is 0 Å². The summed E-state index contributed by atoms with van der Waals surface area (Å²) in [6, 6.07) is 3.16. The van der Waals surface area contributed by atoms with Crippen LogP contribution < -0.4 is 14.2 Å². The Bertz CT molecular complexity index is 619. The largest absolute Gasteiger partial charge is 0.493 e. The number of methoxy groups -OCH3 is 3. The second-order valence-electron chi connectivity index (χ2n) is 6.13. The molecule has 7 nitrogen and oxygen atoms in total. The van der Waals surface area contributed by atoms with E-state index in [1.54, 1.807) is 24.0 Å². The highest BCUT2D eigenvalue weighted by Gasteiger charge is 2.35. The first-order valence-electron chi connectivity index (χ1n) is 8.24. The molecule has 138 valence electrons. The van der Waals surface area contributed by atoms with Crippen LogP contribution in [0.3, 0.4) is 0 Å². The van der Waals surface area contributed by atoms with Crippen molar-refractivity contribution in [3.63, 3.8) is 0 Å². The SMILES string of the molecule is COc1cc(CC(=O)N2CCC[C@H](C(=O)O)[C@@H]2C)cc(OC)c1OC. The Balaban J connectivity index is 2.21. The zero-order valence-corrected chi connectivity index (χ0v) is 15.1. The topological polar surface area (TPSA) is 85.3 Å². The summed E-state index contributed by atoms with van der Waals surface area (Å²) in [5.74, 6) is -0.0267. The lowest BCUT2D eigenvalue weighted by molar-refractivity contribution is -0.148. The number of likely N-dealkylation sites (tertiary alicyclic amines) is 1. The van der Waals surface area contributed by atoms with Crippen molar-refractivity contribution >= 4 is 11.9 Å². The number of hydrogen-bond acceptors (Lipinski definition) is 5. The van der Waals surface area contributed by atoms with Gasteiger partial charge in [0, 0.05) is 12.6 Å². The fourth-order valence-corrected chi connectivity index (χ4v) is 3.34. The molecule has 1 aliphatic rings. The summed E-state index contributed by atoms with van der Waals surface area (Å²) in [4.78, 5) is 25.7. The van der Waals surface area contributed by atoms with Crippen molar-refractivity contribution in [2.24, 2.45) is 5.92 Å². The number of carbonyl (C=O) groups is 2. The molecular weight excluding hydrogens is 326 g/mol. The van der Waals surface area contributed by atoms with Gasteiger partial charge >= 0.3 is 5.97 Å². The maximum atomic E-state index is 12.7. The van der Waals surface area contributed by atoms with Gasteiger partial charge in [-0.1, -0.05) is 0 Å². The number of carbonyl (C=O) groups excluding carboxylic acids is 1. The van der Waals surface area contributed by atoms with E-state index >= 15 is 0 Å². The summed E-state index contributed by atoms with van der Waals surface area (Å²) < 4.78 is 15.9. The fourth-order valence-electron chi connectivity index (χ4n) is 3.34. The third-order valence-electron chi connectivity index (χ3n) is 4.71. The summed E-state index contributed by atoms with van der Waals surface area (Å²) >= 11 is 0. The van der Waals surface area contributed by atoms with Crippen molar-refractivity contribution in [1.82, 2.24) is 4.90 Å². The number of carboxylic acid groups (broad SMARTS) is 1. The van der Waals surface area contributed by atoms with Crippen LogP contribution in [-0.2, 0) is 16.0 Å². The molecule has 2 rings (SSSR count). The maximum absolute atomic E-state index is 12.7. The van der Waals surface area contributed by atoms with Gasteiger partial charge in [0.25, 0.3) is 0 Å². The number of aliphatic carboxylic acids is 1. The highest BCUT2D eigenvalue weighted by molar-refractivity contribution is 5.81. The summed E-state index contributed by atoms with van der Waals surface area (Å²) in [7, 11) is 4.56. The van der Waals surface area contributed by atoms with Gasteiger partial charge in [0.1, 0.15) is 0 Å². The molecule has 1 aromatic rings. The van der Waals surface area contributed by atoms with Gasteiger partial charge in [-0.2, -0.15) is 0 Å². The first-order valence-corrected chi connectivity index (χ1v) is 8.24. The summed E-state index contributed by atoms with van der Waals surface area (Å²) in [5.41, 5.74) is 0.726. The number of amides is 1. The summed E-state index contributed by atoms with van der Waals surface area (Å²) in [6.45, 7) is 2.37. The Labute approximate surface area is 147 Å². The Morgan fingerprint density at radius 1 is 1.16 bits per heavy atom. The maximum Gasteiger partial charge on any atom is 0.308 e. The van der Waals surface area contributed by atoms with E-state index in [1.807, 2.05) is 0 Å². The first kappa shape index (κ1) is 18.9. The lowest BCUT2D eigenvalue weighted by Gasteiger charge is -2.37. The number of piperidine rings is 1. The van der Waals surface area contributed by atoms with Crippen molar-refractivity contribution in [1.29, 1.82) is 0 Å². The van der Waals surface area contributed by atoms with Crippen LogP contribution in [0.2, 0.25) is 0 Å². The number of nitrogens with zero attached hydrogens (tertiary/aromatic N) is 1. The molecule has 1 fully saturated rings. The number of hydrogen-bond donors (Lipinski definition) is 1. The van der Waals surface area contributed by atoms with E-state index in [-0.39, 0.29) is 18.4 Å². The van der Waals surface area contributed by atoms with Crippen molar-refractivity contribution < 1.29 is 28.9 Å². The highest BCUT2D eigenvalue weighted by Crippen LogP contribution is 2.38. The van der Waals surface area contributed by atoms with Gasteiger partial charge in [0.05, 0.1) is 33.7 Å². The molecule has 1 saturated heterocycles. The predicted molar refractivity (Wildman–Crippen MR) is 91.3 cm³/mol. The van der Waals surface area contributed by atoms with Crippen LogP contribution in [0.4, 0.5) is 0 Å². The molecule has 0 saturated carbocycles. The Morgan fingerprint density at radius 2 is 1.76 bits per heavy atom. The van der Waals surface area contributed by atoms with E-state index in [0.29, 0.717) is 36.6 Å². The number of carboxylic acids is 1. The molecule has 2 atom stereocenters. The van der Waals surface area contributed by atoms with Crippen LogP contribution in [0.1, 0.15) is 25.3 Å². The van der Waals surface area contributed by atoms with Crippen LogP contribution in [0.5, 0.6) is 17.2 Å². The molecule has 0 radical (unpaired) electrons. The average Bonchev–Trinajstić information content (AvgIpc) is 2.60. The van der Waals surface area contributed by atoms with Crippen LogP contribution in [0.15, 0.2) is 12.1 Å². The van der Waals surface area contributed by atoms with Crippen LogP contribution in [-0.4, -0.2) is 55.8 Å². The van der Waals surface area contributed by atoms with Crippen molar-refractivity contribution in [2.45, 2.75) is 32.2 Å². The van der Waals surface area contributed by atoms with Crippen LogP contribution in [0.25, 0.3) is 0 Å². The lowest BCUT2D eigenvalue weighted by Crippen LogP contribution is -2.49. The zero-order chi connectivity index (χ0) is 18.6. The monoisotopic (exact) mass is 351 g/mol. The Morgan fingerprint density at radius 3 is 2.24 bits per heavy atom. The predicted octanol–water partition coefficient (Wildman–Crippen LogP) is 1.97. The van der Waals surface area contributed by atoms with Gasteiger partial charge in [-0.3, -0.25) is 9.59 Å². The van der Waals surface area contributed by atoms with E-state index in [4.69, 9.17) is 14.2 Å². The molecule has 7 heteroatoms. The molecule has 0 bridgehead atoms. The van der Waals surface area contributed by atoms with Crippen molar-refractivity contribution in [3.05, 3.63) is 17.7 Å². The average molecular weight is 351 g/mol. The molecule has 1 heterocycles. The minimum atomic E-state index is -0.849. The van der Waals surface area contributed by atoms with Gasteiger partial charge in [-0.25, -0.2) is 0 Å². The molecule has 1 aromatic carbocycles. The summed E-state index contributed by atoms with van der Waals surface area (Å²) in [6.07, 6.45) is 1.44. The quantitative estimate of drug-likeness (QED) is 0.843. The van der Waals surface area contributed by atoms with Crippen molar-refractivity contribution in [2.75, 3.05) is 27.9 Å². The van der Waals surface area contributed by atoms with Crippen LogP contribution >= 0.6 is 0 Å². The number of rotatable bonds is 6. The third kappa shape index (κ3) is 3.97. The van der Waals surface area contributed by atoms with Crippen molar-refractivity contribution in [3.8, 4) is 17.2 Å². The number of ether oxygens (including phenoxy) is 3. The lowest BCUT2D eigenvalue weighted by atomic mass is 9.90. The van der Waals surface area contributed by atoms with Gasteiger partial charge in [0.15, 0.2) is 11.5 Å². The van der Waals surface area contributed by atoms with Crippen LogP contribution in [0, 0.1) is 5.92 Å².